The minimum atomic E-state index is -0.312. The monoisotopic (exact) mass is 510 g/mol. The van der Waals surface area contributed by atoms with Gasteiger partial charge in [-0.05, 0) is 48.0 Å². The summed E-state index contributed by atoms with van der Waals surface area (Å²) in [7, 11) is 0. The van der Waals surface area contributed by atoms with Crippen molar-refractivity contribution in [2.75, 3.05) is 10.6 Å². The van der Waals surface area contributed by atoms with E-state index in [9.17, 15) is 9.59 Å². The predicted molar refractivity (Wildman–Crippen MR) is 144 cm³/mol. The lowest BCUT2D eigenvalue weighted by Crippen LogP contribution is -2.15. The number of amides is 2. The van der Waals surface area contributed by atoms with Crippen LogP contribution in [0.3, 0.4) is 0 Å². The molecule has 2 amide bonds. The van der Waals surface area contributed by atoms with Crippen LogP contribution in [0.1, 0.15) is 22.5 Å². The first-order chi connectivity index (χ1) is 18.0. The summed E-state index contributed by atoms with van der Waals surface area (Å²) in [6.07, 6.45) is 5.90. The van der Waals surface area contributed by atoms with Crippen molar-refractivity contribution >= 4 is 35.1 Å². The third kappa shape index (κ3) is 5.94. The lowest BCUT2D eigenvalue weighted by Gasteiger charge is -2.10. The van der Waals surface area contributed by atoms with Crippen LogP contribution >= 0.6 is 11.6 Å². The van der Waals surface area contributed by atoms with Crippen molar-refractivity contribution in [3.63, 3.8) is 0 Å². The van der Waals surface area contributed by atoms with Gasteiger partial charge < -0.3 is 5.32 Å². The van der Waals surface area contributed by atoms with Crippen LogP contribution in [0, 0.1) is 0 Å². The molecule has 3 aromatic carbocycles. The van der Waals surface area contributed by atoms with E-state index in [0.717, 1.165) is 22.5 Å². The molecule has 37 heavy (non-hydrogen) atoms. The highest BCUT2D eigenvalue weighted by molar-refractivity contribution is 6.30. The molecule has 0 spiro atoms. The number of carbonyl (C=O) groups is 2. The van der Waals surface area contributed by atoms with Crippen LogP contribution in [0.5, 0.6) is 0 Å². The third-order valence-electron chi connectivity index (χ3n) is 5.69. The lowest BCUT2D eigenvalue weighted by molar-refractivity contribution is -0.116. The molecule has 0 unspecified atom stereocenters. The third-order valence-corrected chi connectivity index (χ3v) is 5.92. The maximum atomic E-state index is 13.2. The second kappa shape index (κ2) is 10.9. The number of hydrogen-bond acceptors (Lipinski definition) is 4. The molecule has 0 fully saturated rings. The van der Waals surface area contributed by atoms with Gasteiger partial charge in [0.25, 0.3) is 5.91 Å². The number of aromatic amines is 1. The molecule has 0 bridgehead atoms. The largest absolute Gasteiger partial charge is 0.326 e. The van der Waals surface area contributed by atoms with Gasteiger partial charge in [0.2, 0.25) is 11.9 Å². The fourth-order valence-corrected chi connectivity index (χ4v) is 4.05. The number of anilines is 2. The number of nitrogens with zero attached hydrogens (tertiary/aromatic N) is 3. The topological polar surface area (TPSA) is 105 Å². The Morgan fingerprint density at radius 2 is 1.76 bits per heavy atom. The Kier molecular flexibility index (Phi) is 7.09. The van der Waals surface area contributed by atoms with E-state index in [1.165, 1.54) is 0 Å². The first-order valence-electron chi connectivity index (χ1n) is 11.6. The van der Waals surface area contributed by atoms with Crippen LogP contribution in [-0.4, -0.2) is 31.6 Å². The Bertz CT molecular complexity index is 1530. The van der Waals surface area contributed by atoms with Gasteiger partial charge in [0.05, 0.1) is 11.9 Å². The van der Waals surface area contributed by atoms with Gasteiger partial charge in [-0.2, -0.15) is 5.10 Å². The zero-order valence-corrected chi connectivity index (χ0v) is 20.4. The molecule has 0 aliphatic carbocycles. The Hall–Kier alpha value is -4.69. The molecule has 0 atom stereocenters. The summed E-state index contributed by atoms with van der Waals surface area (Å²) in [5, 5.41) is 13.1. The van der Waals surface area contributed by atoms with Crippen molar-refractivity contribution in [3.05, 3.63) is 114 Å². The average molecular weight is 511 g/mol. The van der Waals surface area contributed by atoms with Crippen molar-refractivity contribution in [1.29, 1.82) is 0 Å². The number of benzene rings is 3. The van der Waals surface area contributed by atoms with E-state index >= 15 is 0 Å². The Labute approximate surface area is 218 Å². The summed E-state index contributed by atoms with van der Waals surface area (Å²) in [4.78, 5) is 30.3. The minimum Gasteiger partial charge on any atom is -0.326 e. The number of nitrogens with one attached hydrogen (secondary N) is 3. The molecule has 0 radical (unpaired) electrons. The number of rotatable bonds is 8. The Morgan fingerprint density at radius 1 is 0.919 bits per heavy atom. The predicted octanol–water partition coefficient (Wildman–Crippen LogP) is 5.74. The quantitative estimate of drug-likeness (QED) is 0.247. The maximum Gasteiger partial charge on any atom is 0.258 e. The molecule has 0 saturated carbocycles. The van der Waals surface area contributed by atoms with Gasteiger partial charge in [0, 0.05) is 52.8 Å². The highest BCUT2D eigenvalue weighted by Gasteiger charge is 2.16. The molecule has 184 valence electrons. The van der Waals surface area contributed by atoms with Gasteiger partial charge in [0.1, 0.15) is 0 Å². The molecule has 0 aliphatic heterocycles. The Morgan fingerprint density at radius 3 is 2.54 bits per heavy atom. The molecular weight excluding hydrogens is 488 g/mol. The fourth-order valence-electron chi connectivity index (χ4n) is 3.87. The second-order valence-corrected chi connectivity index (χ2v) is 8.78. The van der Waals surface area contributed by atoms with Gasteiger partial charge in [-0.15, -0.1) is 0 Å². The summed E-state index contributed by atoms with van der Waals surface area (Å²) >= 11 is 6.22. The number of carbonyl (C=O) groups excluding carboxylic acids is 2. The smallest absolute Gasteiger partial charge is 0.258 e. The van der Waals surface area contributed by atoms with Crippen LogP contribution in [0.4, 0.5) is 11.6 Å². The molecule has 2 heterocycles. The first-order valence-corrected chi connectivity index (χ1v) is 12.0. The van der Waals surface area contributed by atoms with Crippen LogP contribution in [0.15, 0.2) is 97.5 Å². The molecule has 5 rings (SSSR count). The number of aryl methyl sites for hydroxylation is 1. The van der Waals surface area contributed by atoms with E-state index in [4.69, 9.17) is 11.6 Å². The molecule has 0 saturated heterocycles. The van der Waals surface area contributed by atoms with E-state index < -0.39 is 0 Å². The highest BCUT2D eigenvalue weighted by Crippen LogP contribution is 2.23. The zero-order valence-electron chi connectivity index (χ0n) is 19.7. The summed E-state index contributed by atoms with van der Waals surface area (Å²) < 4.78 is 1.76. The van der Waals surface area contributed by atoms with E-state index in [-0.39, 0.29) is 18.2 Å². The number of imidazole rings is 1. The van der Waals surface area contributed by atoms with Crippen LogP contribution in [-0.2, 0) is 11.2 Å². The van der Waals surface area contributed by atoms with Gasteiger partial charge in [-0.1, -0.05) is 48.0 Å². The van der Waals surface area contributed by atoms with Crippen molar-refractivity contribution in [2.45, 2.75) is 12.8 Å². The number of para-hydroxylation sites is 1. The normalized spacial score (nSPS) is 10.7. The minimum absolute atomic E-state index is 0.120. The average Bonchev–Trinajstić information content (AvgIpc) is 3.59. The summed E-state index contributed by atoms with van der Waals surface area (Å²) in [5.41, 5.74) is 4.36. The fraction of sp³-hybridized carbons (Fsp3) is 0.0714. The molecule has 9 heteroatoms. The van der Waals surface area contributed by atoms with Crippen LogP contribution < -0.4 is 10.6 Å². The van der Waals surface area contributed by atoms with Gasteiger partial charge in [0.15, 0.2) is 0 Å². The number of hydrogen-bond donors (Lipinski definition) is 3. The van der Waals surface area contributed by atoms with Crippen molar-refractivity contribution < 1.29 is 9.59 Å². The molecule has 0 aliphatic rings. The molecule has 3 N–H and O–H groups in total. The maximum absolute atomic E-state index is 13.2. The van der Waals surface area contributed by atoms with Crippen molar-refractivity contribution in [1.82, 2.24) is 19.7 Å². The summed E-state index contributed by atoms with van der Waals surface area (Å²) in [5.74, 6) is -0.0998. The SMILES string of the molecule is O=C(CCc1cn(-c2cccc(Cl)c2)c(NC(=O)c2cccc(-c3cn[nH]c3)c2)n1)Nc1ccccc1. The van der Waals surface area contributed by atoms with Crippen molar-refractivity contribution in [3.8, 4) is 16.8 Å². The molecular formula is C28H23ClN6O2. The van der Waals surface area contributed by atoms with E-state index in [1.54, 1.807) is 47.4 Å². The standard InChI is InChI=1S/C28H23ClN6O2/c29-22-8-5-11-25(15-22)35-18-24(12-13-26(36)32-23-9-2-1-3-10-23)33-28(35)34-27(37)20-7-4-6-19(14-20)21-16-30-31-17-21/h1-11,14-18H,12-13H2,(H,30,31)(H,32,36)(H,33,34,37). The number of halogens is 1. The second-order valence-electron chi connectivity index (χ2n) is 8.34. The Balaban J connectivity index is 1.36. The number of aromatic nitrogens is 4. The highest BCUT2D eigenvalue weighted by atomic mass is 35.5. The van der Waals surface area contributed by atoms with Crippen molar-refractivity contribution in [2.24, 2.45) is 0 Å². The lowest BCUT2D eigenvalue weighted by atomic mass is 10.1. The van der Waals surface area contributed by atoms with E-state index in [2.05, 4.69) is 25.8 Å². The van der Waals surface area contributed by atoms with Gasteiger partial charge >= 0.3 is 0 Å². The van der Waals surface area contributed by atoms with E-state index in [1.807, 2.05) is 54.6 Å². The zero-order chi connectivity index (χ0) is 25.6. The summed E-state index contributed by atoms with van der Waals surface area (Å²) in [6, 6.07) is 23.8. The number of H-pyrrole nitrogens is 1. The van der Waals surface area contributed by atoms with Gasteiger partial charge in [-0.25, -0.2) is 4.98 Å². The molecule has 5 aromatic rings. The van der Waals surface area contributed by atoms with Crippen LogP contribution in [0.25, 0.3) is 16.8 Å². The summed E-state index contributed by atoms with van der Waals surface area (Å²) in [6.45, 7) is 0. The van der Waals surface area contributed by atoms with Gasteiger partial charge in [-0.3, -0.25) is 24.6 Å². The van der Waals surface area contributed by atoms with E-state index in [0.29, 0.717) is 28.6 Å². The molecule has 8 nitrogen and oxygen atoms in total. The van der Waals surface area contributed by atoms with Crippen LogP contribution in [0.2, 0.25) is 5.02 Å². The first kappa shape index (κ1) is 24.0. The molecule has 2 aromatic heterocycles.